The van der Waals surface area contributed by atoms with Crippen LogP contribution in [0.5, 0.6) is 11.5 Å². The summed E-state index contributed by atoms with van der Waals surface area (Å²) in [6.45, 7) is 1.98. The average molecular weight is 371 g/mol. The molecule has 1 aliphatic rings. The molecule has 1 heterocycles. The molecule has 1 amide bonds. The number of carbonyl (C=O) groups excluding carboxylic acids is 1. The van der Waals surface area contributed by atoms with Crippen LogP contribution in [0.15, 0.2) is 47.4 Å². The molecule has 0 N–H and O–H groups in total. The number of thioether (sulfide) groups is 1. The molecule has 0 bridgehead atoms. The smallest absolute Gasteiger partial charge is 0.270 e. The predicted molar refractivity (Wildman–Crippen MR) is 106 cm³/mol. The van der Waals surface area contributed by atoms with Gasteiger partial charge in [0, 0.05) is 5.56 Å². The third-order valence-electron chi connectivity index (χ3n) is 3.77. The fraction of sp³-hybridized carbons (Fsp3) is 0.158. The number of nitrogens with zero attached hydrogens (tertiary/aromatic N) is 1. The number of hydrogen-bond acceptors (Lipinski definition) is 5. The van der Waals surface area contributed by atoms with E-state index < -0.39 is 0 Å². The first-order valence-corrected chi connectivity index (χ1v) is 8.83. The van der Waals surface area contributed by atoms with Crippen molar-refractivity contribution in [1.29, 1.82) is 0 Å². The van der Waals surface area contributed by atoms with Crippen LogP contribution in [0.25, 0.3) is 6.08 Å². The standard InChI is InChI=1S/C19H17NO3S2/c1-12-6-4-8-14(10-12)20-18(21)16(25-19(20)24)11-13-7-5-9-15(22-2)17(13)23-3/h4-11H,1-3H3/b16-11-. The van der Waals surface area contributed by atoms with Crippen LogP contribution in [0.2, 0.25) is 0 Å². The maximum Gasteiger partial charge on any atom is 0.270 e. The summed E-state index contributed by atoms with van der Waals surface area (Å²) in [5.41, 5.74) is 2.63. The van der Waals surface area contributed by atoms with E-state index in [9.17, 15) is 4.79 Å². The van der Waals surface area contributed by atoms with Gasteiger partial charge in [-0.15, -0.1) is 0 Å². The van der Waals surface area contributed by atoms with Gasteiger partial charge in [-0.05, 0) is 36.8 Å². The highest BCUT2D eigenvalue weighted by molar-refractivity contribution is 8.27. The number of benzene rings is 2. The molecule has 0 unspecified atom stereocenters. The molecule has 2 aromatic rings. The number of hydrogen-bond donors (Lipinski definition) is 0. The predicted octanol–water partition coefficient (Wildman–Crippen LogP) is 4.42. The molecule has 0 radical (unpaired) electrons. The monoisotopic (exact) mass is 371 g/mol. The van der Waals surface area contributed by atoms with Crippen molar-refractivity contribution >= 4 is 46.0 Å². The molecule has 0 spiro atoms. The van der Waals surface area contributed by atoms with Crippen LogP contribution in [0, 0.1) is 6.92 Å². The second-order valence-corrected chi connectivity index (χ2v) is 7.11. The molecule has 6 heteroatoms. The number of carbonyl (C=O) groups is 1. The van der Waals surface area contributed by atoms with Gasteiger partial charge >= 0.3 is 0 Å². The van der Waals surface area contributed by atoms with E-state index in [2.05, 4.69) is 0 Å². The van der Waals surface area contributed by atoms with E-state index in [0.717, 1.165) is 16.8 Å². The Labute approximate surface area is 156 Å². The Balaban J connectivity index is 1.99. The van der Waals surface area contributed by atoms with Gasteiger partial charge in [0.1, 0.15) is 0 Å². The summed E-state index contributed by atoms with van der Waals surface area (Å²) in [6.07, 6.45) is 1.79. The first kappa shape index (κ1) is 17.5. The van der Waals surface area contributed by atoms with Crippen LogP contribution in [-0.4, -0.2) is 24.4 Å². The van der Waals surface area contributed by atoms with Crippen LogP contribution in [0.4, 0.5) is 5.69 Å². The zero-order chi connectivity index (χ0) is 18.0. The number of aryl methyl sites for hydroxylation is 1. The zero-order valence-electron chi connectivity index (χ0n) is 14.1. The number of amides is 1. The van der Waals surface area contributed by atoms with Gasteiger partial charge in [0.05, 0.1) is 24.8 Å². The maximum atomic E-state index is 12.9. The lowest BCUT2D eigenvalue weighted by molar-refractivity contribution is -0.113. The lowest BCUT2D eigenvalue weighted by Crippen LogP contribution is -2.27. The van der Waals surface area contributed by atoms with Crippen molar-refractivity contribution in [2.45, 2.75) is 6.92 Å². The molecule has 128 valence electrons. The topological polar surface area (TPSA) is 38.8 Å². The number of ether oxygens (including phenoxy) is 2. The van der Waals surface area contributed by atoms with E-state index in [0.29, 0.717) is 20.7 Å². The van der Waals surface area contributed by atoms with Crippen LogP contribution in [0.1, 0.15) is 11.1 Å². The zero-order valence-corrected chi connectivity index (χ0v) is 15.7. The minimum absolute atomic E-state index is 0.134. The Morgan fingerprint density at radius 3 is 2.56 bits per heavy atom. The molecule has 4 nitrogen and oxygen atoms in total. The fourth-order valence-corrected chi connectivity index (χ4v) is 3.91. The highest BCUT2D eigenvalue weighted by Gasteiger charge is 2.33. The summed E-state index contributed by atoms with van der Waals surface area (Å²) >= 11 is 6.70. The third-order valence-corrected chi connectivity index (χ3v) is 5.08. The van der Waals surface area contributed by atoms with Crippen LogP contribution in [0.3, 0.4) is 0 Å². The Morgan fingerprint density at radius 1 is 1.12 bits per heavy atom. The summed E-state index contributed by atoms with van der Waals surface area (Å²) in [7, 11) is 3.16. The van der Waals surface area contributed by atoms with E-state index in [-0.39, 0.29) is 5.91 Å². The van der Waals surface area contributed by atoms with Crippen LogP contribution < -0.4 is 14.4 Å². The molecule has 1 aliphatic heterocycles. The van der Waals surface area contributed by atoms with Crippen LogP contribution in [-0.2, 0) is 4.79 Å². The Hall–Kier alpha value is -2.31. The van der Waals surface area contributed by atoms with Crippen molar-refractivity contribution in [2.24, 2.45) is 0 Å². The Morgan fingerprint density at radius 2 is 1.88 bits per heavy atom. The van der Waals surface area contributed by atoms with E-state index in [1.54, 1.807) is 25.2 Å². The minimum atomic E-state index is -0.134. The van der Waals surface area contributed by atoms with Gasteiger partial charge in [0.25, 0.3) is 5.91 Å². The van der Waals surface area contributed by atoms with Crippen molar-refractivity contribution in [3.63, 3.8) is 0 Å². The molecule has 2 aromatic carbocycles. The number of para-hydroxylation sites is 1. The van der Waals surface area contributed by atoms with Gasteiger partial charge in [-0.25, -0.2) is 0 Å². The average Bonchev–Trinajstić information content (AvgIpc) is 2.88. The molecule has 1 fully saturated rings. The molecule has 1 saturated heterocycles. The van der Waals surface area contributed by atoms with Gasteiger partial charge < -0.3 is 9.47 Å². The first-order valence-electron chi connectivity index (χ1n) is 7.60. The summed E-state index contributed by atoms with van der Waals surface area (Å²) in [5.74, 6) is 1.07. The summed E-state index contributed by atoms with van der Waals surface area (Å²) in [5, 5.41) is 0. The molecule has 0 saturated carbocycles. The lowest BCUT2D eigenvalue weighted by Gasteiger charge is -2.15. The SMILES string of the molecule is COc1cccc(/C=C2\SC(=S)N(c3cccc(C)c3)C2=O)c1OC. The number of methoxy groups -OCH3 is 2. The van der Waals surface area contributed by atoms with E-state index >= 15 is 0 Å². The maximum absolute atomic E-state index is 12.9. The summed E-state index contributed by atoms with van der Waals surface area (Å²) in [6, 6.07) is 13.3. The fourth-order valence-electron chi connectivity index (χ4n) is 2.62. The van der Waals surface area contributed by atoms with Gasteiger partial charge in [0.15, 0.2) is 15.8 Å². The van der Waals surface area contributed by atoms with E-state index in [1.165, 1.54) is 11.8 Å². The van der Waals surface area contributed by atoms with Gasteiger partial charge in [-0.2, -0.15) is 0 Å². The van der Waals surface area contributed by atoms with Crippen molar-refractivity contribution in [2.75, 3.05) is 19.1 Å². The normalized spacial score (nSPS) is 15.8. The number of rotatable bonds is 4. The minimum Gasteiger partial charge on any atom is -0.493 e. The quantitative estimate of drug-likeness (QED) is 0.588. The molecule has 3 rings (SSSR count). The molecule has 0 aromatic heterocycles. The van der Waals surface area contributed by atoms with Crippen LogP contribution >= 0.6 is 24.0 Å². The highest BCUT2D eigenvalue weighted by Crippen LogP contribution is 2.39. The Kier molecular flexibility index (Phi) is 5.11. The summed E-state index contributed by atoms with van der Waals surface area (Å²) in [4.78, 5) is 15.0. The number of thiocarbonyl (C=S) groups is 1. The third kappa shape index (κ3) is 3.41. The van der Waals surface area contributed by atoms with Gasteiger partial charge in [-0.3, -0.25) is 9.69 Å². The molecular weight excluding hydrogens is 354 g/mol. The van der Waals surface area contributed by atoms with E-state index in [4.69, 9.17) is 21.7 Å². The second kappa shape index (κ2) is 7.29. The van der Waals surface area contributed by atoms with Gasteiger partial charge in [-0.1, -0.05) is 48.2 Å². The lowest BCUT2D eigenvalue weighted by atomic mass is 10.1. The van der Waals surface area contributed by atoms with Crippen molar-refractivity contribution < 1.29 is 14.3 Å². The second-order valence-electron chi connectivity index (χ2n) is 5.44. The molecule has 0 aliphatic carbocycles. The number of anilines is 1. The van der Waals surface area contributed by atoms with Gasteiger partial charge in [0.2, 0.25) is 0 Å². The largest absolute Gasteiger partial charge is 0.493 e. The van der Waals surface area contributed by atoms with Crippen molar-refractivity contribution in [1.82, 2.24) is 0 Å². The molecular formula is C19H17NO3S2. The Bertz CT molecular complexity index is 877. The van der Waals surface area contributed by atoms with E-state index in [1.807, 2.05) is 49.4 Å². The summed E-state index contributed by atoms with van der Waals surface area (Å²) < 4.78 is 11.3. The molecule has 25 heavy (non-hydrogen) atoms. The first-order chi connectivity index (χ1) is 12.0. The highest BCUT2D eigenvalue weighted by atomic mass is 32.2. The van der Waals surface area contributed by atoms with Crippen molar-refractivity contribution in [3.05, 3.63) is 58.5 Å². The molecule has 0 atom stereocenters. The van der Waals surface area contributed by atoms with Crippen molar-refractivity contribution in [3.8, 4) is 11.5 Å².